The third-order valence-electron chi connectivity index (χ3n) is 0.815. The number of hydrogen-bond donors (Lipinski definition) is 2. The molecule has 0 fully saturated rings. The van der Waals surface area contributed by atoms with Crippen molar-refractivity contribution in [3.63, 3.8) is 0 Å². The molecule has 0 amide bonds. The molecule has 56 valence electrons. The summed E-state index contributed by atoms with van der Waals surface area (Å²) in [5.41, 5.74) is 0. The van der Waals surface area contributed by atoms with Crippen LogP contribution in [-0.2, 0) is 0 Å². The minimum Gasteiger partial charge on any atom is -0.365 e. The molecular formula is C4H12ClN3S. The summed E-state index contributed by atoms with van der Waals surface area (Å²) in [7, 11) is 1.75. The molecule has 3 N–H and O–H groups in total. The van der Waals surface area contributed by atoms with E-state index in [0.29, 0.717) is 5.11 Å². The van der Waals surface area contributed by atoms with Crippen LogP contribution in [0.4, 0.5) is 0 Å². The molecule has 0 atom stereocenters. The van der Waals surface area contributed by atoms with Gasteiger partial charge in [0.15, 0.2) is 5.11 Å². The van der Waals surface area contributed by atoms with Crippen LogP contribution in [0.15, 0.2) is 0 Å². The summed E-state index contributed by atoms with van der Waals surface area (Å²) < 4.78 is 0. The number of halogens is 1. The van der Waals surface area contributed by atoms with Gasteiger partial charge in [0.2, 0.25) is 0 Å². The maximum Gasteiger partial charge on any atom is 0.182 e. The van der Waals surface area contributed by atoms with Gasteiger partial charge in [0.1, 0.15) is 0 Å². The van der Waals surface area contributed by atoms with Crippen LogP contribution < -0.4 is 11.2 Å². The molecule has 0 heterocycles. The second-order valence-corrected chi connectivity index (χ2v) is 1.73. The Bertz CT molecular complexity index is 87.9. The van der Waals surface area contributed by atoms with Gasteiger partial charge in [0, 0.05) is 13.6 Å². The van der Waals surface area contributed by atoms with E-state index < -0.39 is 0 Å². The highest BCUT2D eigenvalue weighted by Gasteiger charge is 1.94. The first-order chi connectivity index (χ1) is 3.72. The maximum atomic E-state index is 5.36. The number of nitrogens with zero attached hydrogens (tertiary/aromatic N) is 1. The van der Waals surface area contributed by atoms with Crippen LogP contribution in [0.25, 0.3) is 0 Å². The predicted octanol–water partition coefficient (Wildman–Crippen LogP) is 0.108. The van der Waals surface area contributed by atoms with Crippen LogP contribution >= 0.6 is 24.6 Å². The molecule has 0 aromatic rings. The zero-order chi connectivity index (χ0) is 6.57. The van der Waals surface area contributed by atoms with Gasteiger partial charge in [-0.05, 0) is 19.1 Å². The third kappa shape index (κ3) is 4.44. The molecule has 0 spiro atoms. The van der Waals surface area contributed by atoms with Crippen molar-refractivity contribution in [1.82, 2.24) is 10.3 Å². The molecule has 0 saturated heterocycles. The quantitative estimate of drug-likeness (QED) is 0.332. The largest absolute Gasteiger partial charge is 0.365 e. The van der Waals surface area contributed by atoms with Gasteiger partial charge in [-0.2, -0.15) is 0 Å². The van der Waals surface area contributed by atoms with Crippen molar-refractivity contribution in [1.29, 1.82) is 0 Å². The lowest BCUT2D eigenvalue weighted by Gasteiger charge is -2.15. The lowest BCUT2D eigenvalue weighted by Crippen LogP contribution is -2.42. The molecular weight excluding hydrogens is 158 g/mol. The van der Waals surface area contributed by atoms with E-state index in [9.17, 15) is 0 Å². The van der Waals surface area contributed by atoms with Gasteiger partial charge in [0.05, 0.1) is 0 Å². The molecule has 0 saturated carbocycles. The van der Waals surface area contributed by atoms with Crippen molar-refractivity contribution in [2.24, 2.45) is 5.84 Å². The van der Waals surface area contributed by atoms with Gasteiger partial charge in [-0.25, -0.2) is 5.84 Å². The Hall–Kier alpha value is -0.0600. The van der Waals surface area contributed by atoms with Crippen LogP contribution in [0.2, 0.25) is 0 Å². The second-order valence-electron chi connectivity index (χ2n) is 1.34. The SMILES string of the molecule is CCN(N)C(=S)NC.Cl. The zero-order valence-corrected chi connectivity index (χ0v) is 7.18. The van der Waals surface area contributed by atoms with Gasteiger partial charge < -0.3 is 5.32 Å². The summed E-state index contributed by atoms with van der Waals surface area (Å²) in [6.45, 7) is 2.67. The highest BCUT2D eigenvalue weighted by molar-refractivity contribution is 7.80. The minimum atomic E-state index is 0. The van der Waals surface area contributed by atoms with Gasteiger partial charge >= 0.3 is 0 Å². The summed E-state index contributed by atoms with van der Waals surface area (Å²) in [5, 5.41) is 4.79. The first kappa shape index (κ1) is 11.7. The Labute approximate surface area is 67.0 Å². The Morgan fingerprint density at radius 3 is 2.33 bits per heavy atom. The molecule has 3 nitrogen and oxygen atoms in total. The fourth-order valence-electron chi connectivity index (χ4n) is 0.287. The summed E-state index contributed by atoms with van der Waals surface area (Å²) >= 11 is 4.77. The monoisotopic (exact) mass is 169 g/mol. The van der Waals surface area contributed by atoms with Gasteiger partial charge in [-0.3, -0.25) is 5.01 Å². The molecule has 0 aromatic heterocycles. The molecule has 0 aliphatic carbocycles. The molecule has 0 unspecified atom stereocenters. The predicted molar refractivity (Wildman–Crippen MR) is 45.5 cm³/mol. The average molecular weight is 170 g/mol. The van der Waals surface area contributed by atoms with Gasteiger partial charge in [-0.1, -0.05) is 0 Å². The minimum absolute atomic E-state index is 0. The van der Waals surface area contributed by atoms with E-state index in [0.717, 1.165) is 6.54 Å². The highest BCUT2D eigenvalue weighted by Crippen LogP contribution is 1.75. The fraction of sp³-hybridized carbons (Fsp3) is 0.750. The highest BCUT2D eigenvalue weighted by atomic mass is 35.5. The van der Waals surface area contributed by atoms with Crippen LogP contribution in [0.1, 0.15) is 6.92 Å². The average Bonchev–Trinajstić information content (AvgIpc) is 1.84. The first-order valence-electron chi connectivity index (χ1n) is 2.46. The molecule has 9 heavy (non-hydrogen) atoms. The van der Waals surface area contributed by atoms with E-state index >= 15 is 0 Å². The number of nitrogens with one attached hydrogen (secondary N) is 1. The van der Waals surface area contributed by atoms with E-state index in [2.05, 4.69) is 5.32 Å². The van der Waals surface area contributed by atoms with Gasteiger partial charge in [0.25, 0.3) is 0 Å². The molecule has 5 heteroatoms. The van der Waals surface area contributed by atoms with Crippen LogP contribution in [0.5, 0.6) is 0 Å². The van der Waals surface area contributed by atoms with Crippen molar-refractivity contribution < 1.29 is 0 Å². The maximum absolute atomic E-state index is 5.36. The smallest absolute Gasteiger partial charge is 0.182 e. The number of hydrazine groups is 1. The Morgan fingerprint density at radius 1 is 1.78 bits per heavy atom. The lowest BCUT2D eigenvalue weighted by atomic mass is 10.7. The Balaban J connectivity index is 0. The molecule has 0 radical (unpaired) electrons. The van der Waals surface area contributed by atoms with Crippen LogP contribution in [-0.4, -0.2) is 23.7 Å². The van der Waals surface area contributed by atoms with Crippen molar-refractivity contribution in [3.05, 3.63) is 0 Å². The van der Waals surface area contributed by atoms with Crippen LogP contribution in [0, 0.1) is 0 Å². The molecule has 0 bridgehead atoms. The number of thiocarbonyl (C=S) groups is 1. The Morgan fingerprint density at radius 2 is 2.22 bits per heavy atom. The summed E-state index contributed by atoms with van der Waals surface area (Å²) in [6, 6.07) is 0. The normalized spacial score (nSPS) is 7.44. The van der Waals surface area contributed by atoms with Crippen molar-refractivity contribution in [2.45, 2.75) is 6.92 Å². The Kier molecular flexibility index (Phi) is 7.89. The van der Waals surface area contributed by atoms with Gasteiger partial charge in [-0.15, -0.1) is 12.4 Å². The molecule has 0 aliphatic rings. The summed E-state index contributed by atoms with van der Waals surface area (Å²) in [6.07, 6.45) is 0. The van der Waals surface area contributed by atoms with E-state index in [4.69, 9.17) is 18.1 Å². The third-order valence-corrected chi connectivity index (χ3v) is 1.25. The topological polar surface area (TPSA) is 41.3 Å². The standard InChI is InChI=1S/C4H11N3S.ClH/c1-3-7(5)4(8)6-2;/h3,5H2,1-2H3,(H,6,8);1H. The van der Waals surface area contributed by atoms with E-state index in [1.54, 1.807) is 7.05 Å². The molecule has 0 aliphatic heterocycles. The number of nitrogens with two attached hydrogens (primary N) is 1. The first-order valence-corrected chi connectivity index (χ1v) is 2.87. The van der Waals surface area contributed by atoms with E-state index in [1.165, 1.54) is 5.01 Å². The number of rotatable bonds is 1. The number of hydrogen-bond acceptors (Lipinski definition) is 2. The fourth-order valence-corrected chi connectivity index (χ4v) is 0.416. The molecule has 0 aromatic carbocycles. The van der Waals surface area contributed by atoms with Crippen molar-refractivity contribution in [3.8, 4) is 0 Å². The van der Waals surface area contributed by atoms with Crippen molar-refractivity contribution >= 4 is 29.7 Å². The summed E-state index contributed by atoms with van der Waals surface area (Å²) in [4.78, 5) is 0. The zero-order valence-electron chi connectivity index (χ0n) is 5.55. The van der Waals surface area contributed by atoms with E-state index in [-0.39, 0.29) is 12.4 Å². The summed E-state index contributed by atoms with van der Waals surface area (Å²) in [5.74, 6) is 5.36. The van der Waals surface area contributed by atoms with Crippen LogP contribution in [0.3, 0.4) is 0 Å². The van der Waals surface area contributed by atoms with E-state index in [1.807, 2.05) is 6.92 Å². The lowest BCUT2D eigenvalue weighted by molar-refractivity contribution is 0.460. The second kappa shape index (κ2) is 6.07. The van der Waals surface area contributed by atoms with Crippen molar-refractivity contribution in [2.75, 3.05) is 13.6 Å². The molecule has 0 rings (SSSR count).